The number of urea groups is 1. The van der Waals surface area contributed by atoms with Crippen molar-refractivity contribution >= 4 is 17.8 Å². The fourth-order valence-corrected chi connectivity index (χ4v) is 5.04. The van der Waals surface area contributed by atoms with Crippen molar-refractivity contribution in [3.63, 3.8) is 0 Å². The summed E-state index contributed by atoms with van der Waals surface area (Å²) in [5.41, 5.74) is 2.67. The van der Waals surface area contributed by atoms with Gasteiger partial charge in [0.1, 0.15) is 5.84 Å². The number of likely N-dealkylation sites (N-methyl/N-ethyl adjacent to an activating group) is 1. The average molecular weight is 429 g/mol. The van der Waals surface area contributed by atoms with Crippen molar-refractivity contribution in [2.75, 3.05) is 13.6 Å². The third kappa shape index (κ3) is 5.66. The normalized spacial score (nSPS) is 25.4. The Hall–Kier alpha value is -2.37. The highest BCUT2D eigenvalue weighted by Crippen LogP contribution is 2.44. The van der Waals surface area contributed by atoms with Gasteiger partial charge < -0.3 is 5.32 Å². The molecule has 172 valence electrons. The summed E-state index contributed by atoms with van der Waals surface area (Å²) in [6, 6.07) is -0.526. The number of hydrogen-bond donors (Lipinski definition) is 3. The number of amides is 3. The molecule has 3 aliphatic rings. The smallest absolute Gasteiger partial charge is 0.329 e. The van der Waals surface area contributed by atoms with Crippen LogP contribution in [0.5, 0.6) is 0 Å². The summed E-state index contributed by atoms with van der Waals surface area (Å²) >= 11 is 0. The van der Waals surface area contributed by atoms with E-state index in [-0.39, 0.29) is 24.7 Å². The summed E-state index contributed by atoms with van der Waals surface area (Å²) in [6.45, 7) is 10.2. The fraction of sp³-hybridized carbons (Fsp3) is 0.640. The SMILES string of the molecule is C=C/C(=C(NC)\C(=C/C)C(=N)N1CCC(=O)NC1=O)C1CCC(C2CCC2)CC1.CC. The Kier molecular flexibility index (Phi) is 9.53. The number of hydrogen-bond acceptors (Lipinski definition) is 4. The average Bonchev–Trinajstić information content (AvgIpc) is 2.74. The molecule has 1 heterocycles. The third-order valence-corrected chi connectivity index (χ3v) is 6.92. The van der Waals surface area contributed by atoms with Crippen molar-refractivity contribution in [1.29, 1.82) is 5.41 Å². The first-order valence-corrected chi connectivity index (χ1v) is 11.9. The Balaban J connectivity index is 0.00000166. The minimum absolute atomic E-state index is 0.115. The molecule has 3 rings (SSSR count). The summed E-state index contributed by atoms with van der Waals surface area (Å²) in [7, 11) is 1.86. The van der Waals surface area contributed by atoms with E-state index in [1.807, 2.05) is 40.0 Å². The van der Waals surface area contributed by atoms with E-state index in [1.54, 1.807) is 0 Å². The van der Waals surface area contributed by atoms with Crippen molar-refractivity contribution < 1.29 is 9.59 Å². The second-order valence-electron chi connectivity index (χ2n) is 8.39. The van der Waals surface area contributed by atoms with Gasteiger partial charge in [-0.3, -0.25) is 20.4 Å². The molecule has 1 saturated heterocycles. The number of carbonyl (C=O) groups is 2. The van der Waals surface area contributed by atoms with Crippen LogP contribution in [0.2, 0.25) is 0 Å². The van der Waals surface area contributed by atoms with Crippen LogP contribution in [0.3, 0.4) is 0 Å². The van der Waals surface area contributed by atoms with E-state index in [0.717, 1.165) is 35.9 Å². The molecule has 6 heteroatoms. The second-order valence-corrected chi connectivity index (χ2v) is 8.39. The minimum Gasteiger partial charge on any atom is -0.387 e. The van der Waals surface area contributed by atoms with E-state index in [9.17, 15) is 9.59 Å². The van der Waals surface area contributed by atoms with Crippen LogP contribution in [0.25, 0.3) is 0 Å². The molecule has 6 nitrogen and oxygen atoms in total. The van der Waals surface area contributed by atoms with Crippen LogP contribution >= 0.6 is 0 Å². The topological polar surface area (TPSA) is 85.3 Å². The Morgan fingerprint density at radius 2 is 1.74 bits per heavy atom. The summed E-state index contributed by atoms with van der Waals surface area (Å²) in [5, 5.41) is 14.2. The first-order valence-electron chi connectivity index (χ1n) is 11.9. The molecule has 0 aromatic heterocycles. The molecule has 0 radical (unpaired) electrons. The van der Waals surface area contributed by atoms with Crippen molar-refractivity contribution in [2.45, 2.75) is 72.1 Å². The van der Waals surface area contributed by atoms with Crippen molar-refractivity contribution in [3.8, 4) is 0 Å². The van der Waals surface area contributed by atoms with Crippen LogP contribution in [0.1, 0.15) is 72.1 Å². The van der Waals surface area contributed by atoms with Gasteiger partial charge in [0.2, 0.25) is 5.91 Å². The lowest BCUT2D eigenvalue weighted by atomic mass is 9.67. The molecule has 2 aliphatic carbocycles. The lowest BCUT2D eigenvalue weighted by Gasteiger charge is -2.39. The van der Waals surface area contributed by atoms with Gasteiger partial charge in [0, 0.05) is 31.3 Å². The Morgan fingerprint density at radius 1 is 1.13 bits per heavy atom. The van der Waals surface area contributed by atoms with Crippen LogP contribution in [0.4, 0.5) is 4.79 Å². The Morgan fingerprint density at radius 3 is 2.19 bits per heavy atom. The summed E-state index contributed by atoms with van der Waals surface area (Å²) in [6.07, 6.45) is 13.0. The predicted octanol–water partition coefficient (Wildman–Crippen LogP) is 5.14. The van der Waals surface area contributed by atoms with E-state index in [4.69, 9.17) is 5.41 Å². The van der Waals surface area contributed by atoms with Gasteiger partial charge in [-0.15, -0.1) is 0 Å². The lowest BCUT2D eigenvalue weighted by molar-refractivity contribution is -0.121. The van der Waals surface area contributed by atoms with Crippen molar-refractivity contribution in [2.24, 2.45) is 17.8 Å². The van der Waals surface area contributed by atoms with E-state index in [1.165, 1.54) is 37.0 Å². The van der Waals surface area contributed by atoms with Gasteiger partial charge in [-0.25, -0.2) is 4.79 Å². The highest BCUT2D eigenvalue weighted by atomic mass is 16.2. The summed E-state index contributed by atoms with van der Waals surface area (Å²) in [4.78, 5) is 25.0. The molecule has 3 fully saturated rings. The number of nitrogens with zero attached hydrogens (tertiary/aromatic N) is 1. The molecule has 0 spiro atoms. The van der Waals surface area contributed by atoms with E-state index in [0.29, 0.717) is 11.5 Å². The Labute approximate surface area is 187 Å². The molecule has 1 aliphatic heterocycles. The molecule has 2 saturated carbocycles. The third-order valence-electron chi connectivity index (χ3n) is 6.92. The zero-order valence-electron chi connectivity index (χ0n) is 19.7. The first kappa shape index (κ1) is 24.9. The zero-order valence-corrected chi connectivity index (χ0v) is 19.7. The van der Waals surface area contributed by atoms with E-state index >= 15 is 0 Å². The van der Waals surface area contributed by atoms with Gasteiger partial charge in [-0.1, -0.05) is 51.8 Å². The van der Waals surface area contributed by atoms with E-state index in [2.05, 4.69) is 17.2 Å². The zero-order chi connectivity index (χ0) is 23.0. The highest BCUT2D eigenvalue weighted by Gasteiger charge is 2.33. The van der Waals surface area contributed by atoms with Crippen LogP contribution in [-0.2, 0) is 4.79 Å². The first-order chi connectivity index (χ1) is 15.0. The van der Waals surface area contributed by atoms with Gasteiger partial charge in [-0.05, 0) is 55.9 Å². The molecule has 0 aromatic carbocycles. The quantitative estimate of drug-likeness (QED) is 0.311. The molecular weight excluding hydrogens is 388 g/mol. The second kappa shape index (κ2) is 11.9. The molecule has 3 amide bonds. The van der Waals surface area contributed by atoms with Crippen molar-refractivity contribution in [3.05, 3.63) is 35.6 Å². The standard InChI is InChI=1S/C23H34N4O2.C2H6/c1-4-18(17-11-9-16(10-12-17)15-7-6-8-15)21(25-3)19(5-2)22(24)27-14-13-20(28)26-23(27)29;1-2/h4-5,15-17,24-25H,1,6-14H2,2-3H3,(H,26,28,29);1-2H3/b19-5+,21-18-,24-22?;. The monoisotopic (exact) mass is 428 g/mol. The van der Waals surface area contributed by atoms with Crippen LogP contribution in [0.15, 0.2) is 35.6 Å². The summed E-state index contributed by atoms with van der Waals surface area (Å²) < 4.78 is 0. The van der Waals surface area contributed by atoms with Crippen LogP contribution < -0.4 is 10.6 Å². The number of carbonyl (C=O) groups excluding carboxylic acids is 2. The van der Waals surface area contributed by atoms with Crippen molar-refractivity contribution in [1.82, 2.24) is 15.5 Å². The van der Waals surface area contributed by atoms with Gasteiger partial charge in [0.15, 0.2) is 0 Å². The molecule has 0 bridgehead atoms. The molecule has 0 unspecified atom stereocenters. The van der Waals surface area contributed by atoms with Crippen LogP contribution in [0, 0.1) is 23.2 Å². The number of imide groups is 1. The van der Waals surface area contributed by atoms with E-state index < -0.39 is 6.03 Å². The maximum absolute atomic E-state index is 12.2. The maximum Gasteiger partial charge on any atom is 0.329 e. The fourth-order valence-electron chi connectivity index (χ4n) is 5.04. The van der Waals surface area contributed by atoms with Gasteiger partial charge in [0.05, 0.1) is 0 Å². The Bertz CT molecular complexity index is 741. The summed E-state index contributed by atoms with van der Waals surface area (Å²) in [5.74, 6) is 2.06. The van der Waals surface area contributed by atoms with Gasteiger partial charge in [-0.2, -0.15) is 0 Å². The van der Waals surface area contributed by atoms with Gasteiger partial charge in [0.25, 0.3) is 0 Å². The predicted molar refractivity (Wildman–Crippen MR) is 127 cm³/mol. The number of allylic oxidation sites excluding steroid dienone is 3. The lowest BCUT2D eigenvalue weighted by Crippen LogP contribution is -2.52. The molecule has 0 aromatic rings. The number of nitrogens with one attached hydrogen (secondary N) is 3. The van der Waals surface area contributed by atoms with Gasteiger partial charge >= 0.3 is 6.03 Å². The number of rotatable bonds is 6. The molecule has 31 heavy (non-hydrogen) atoms. The molecule has 3 N–H and O–H groups in total. The maximum atomic E-state index is 12.2. The molecular formula is C25H40N4O2. The molecule has 0 atom stereocenters. The minimum atomic E-state index is -0.526. The van der Waals surface area contributed by atoms with Crippen LogP contribution in [-0.4, -0.2) is 36.3 Å². The largest absolute Gasteiger partial charge is 0.387 e. The highest BCUT2D eigenvalue weighted by molar-refractivity contribution is 6.12. The number of amidine groups is 1.